The number of carbonyl (C=O) groups is 1. The van der Waals surface area contributed by atoms with Crippen LogP contribution in [0.1, 0.15) is 47.5 Å². The number of fused-ring (bicyclic) bond motifs is 2. The molecule has 5 fully saturated rings. The Morgan fingerprint density at radius 1 is 1.21 bits per heavy atom. The smallest absolute Gasteiger partial charge is 0.302 e. The van der Waals surface area contributed by atoms with E-state index in [4.69, 9.17) is 18.9 Å². The van der Waals surface area contributed by atoms with Crippen molar-refractivity contribution >= 4 is 5.97 Å². The molecule has 2 N–H and O–H groups in total. The van der Waals surface area contributed by atoms with E-state index in [0.29, 0.717) is 25.4 Å². The first kappa shape index (κ1) is 19.2. The highest BCUT2D eigenvalue weighted by atomic mass is 16.8. The van der Waals surface area contributed by atoms with E-state index in [1.807, 2.05) is 0 Å². The minimum atomic E-state index is -1.30. The van der Waals surface area contributed by atoms with Crippen molar-refractivity contribution in [3.63, 3.8) is 0 Å². The van der Waals surface area contributed by atoms with E-state index in [1.54, 1.807) is 0 Å². The Hall–Kier alpha value is -0.730. The lowest BCUT2D eigenvalue weighted by molar-refractivity contribution is -0.215. The summed E-state index contributed by atoms with van der Waals surface area (Å²) >= 11 is 0. The Morgan fingerprint density at radius 2 is 1.93 bits per heavy atom. The van der Waals surface area contributed by atoms with Gasteiger partial charge in [-0.15, -0.1) is 0 Å². The van der Waals surface area contributed by atoms with Crippen LogP contribution >= 0.6 is 0 Å². The summed E-state index contributed by atoms with van der Waals surface area (Å²) in [4.78, 5) is 12.0. The van der Waals surface area contributed by atoms with Gasteiger partial charge in [-0.25, -0.2) is 0 Å². The summed E-state index contributed by atoms with van der Waals surface area (Å²) in [5.41, 5.74) is -1.65. The molecule has 7 nitrogen and oxygen atoms in total. The van der Waals surface area contributed by atoms with Crippen LogP contribution in [0.4, 0.5) is 0 Å². The van der Waals surface area contributed by atoms with Gasteiger partial charge in [0.1, 0.15) is 12.2 Å². The van der Waals surface area contributed by atoms with Crippen molar-refractivity contribution in [3.8, 4) is 0 Å². The zero-order chi connectivity index (χ0) is 20.2. The number of hydrogen-bond acceptors (Lipinski definition) is 7. The second kappa shape index (κ2) is 5.70. The predicted molar refractivity (Wildman–Crippen MR) is 96.8 cm³/mol. The molecule has 0 aromatic heterocycles. The summed E-state index contributed by atoms with van der Waals surface area (Å²) in [5.74, 6) is 0.123. The first-order valence-electron chi connectivity index (χ1n) is 10.5. The standard InChI is InChI=1S/C21H32O7/c1-9-8-25-11-7-20-13(26-10(2)22)6-12(19(3,4)5)21(20)15(23)17(24)28-18(21)27-16(20)14(9)11/h9,11-18,23-24H,6-8H2,1-5H3/t9-,11?,12+,13?,14?,15+,16?,17+,18?,20?,21?/m1/s1. The van der Waals surface area contributed by atoms with E-state index in [2.05, 4.69) is 27.7 Å². The van der Waals surface area contributed by atoms with E-state index in [1.165, 1.54) is 6.92 Å². The number of carbonyl (C=O) groups excluding carboxylic acids is 1. The van der Waals surface area contributed by atoms with Gasteiger partial charge in [0.15, 0.2) is 12.6 Å². The Balaban J connectivity index is 1.71. The highest BCUT2D eigenvalue weighted by Gasteiger charge is 2.87. The summed E-state index contributed by atoms with van der Waals surface area (Å²) in [6.07, 6.45) is -2.43. The summed E-state index contributed by atoms with van der Waals surface area (Å²) in [6.45, 7) is 10.7. The van der Waals surface area contributed by atoms with E-state index in [9.17, 15) is 15.0 Å². The SMILES string of the molecule is CC(=O)OC1C[C@@H](C(C)(C)C)C23C(OC4C5C(CC142)OC[C@H]5C)O[C@H](O)[C@@H]3O. The van der Waals surface area contributed by atoms with Gasteiger partial charge in [-0.1, -0.05) is 27.7 Å². The molecular formula is C21H32O7. The van der Waals surface area contributed by atoms with Crippen molar-refractivity contribution in [1.82, 2.24) is 0 Å². The number of hydrogen-bond donors (Lipinski definition) is 2. The highest BCUT2D eigenvalue weighted by Crippen LogP contribution is 2.78. The maximum absolute atomic E-state index is 12.0. The minimum absolute atomic E-state index is 0.0135. The molecule has 0 aromatic rings. The zero-order valence-electron chi connectivity index (χ0n) is 17.3. The van der Waals surface area contributed by atoms with Gasteiger partial charge in [0.05, 0.1) is 23.0 Å². The van der Waals surface area contributed by atoms with Crippen LogP contribution in [-0.2, 0) is 23.7 Å². The second-order valence-corrected chi connectivity index (χ2v) is 10.7. The quantitative estimate of drug-likeness (QED) is 0.648. The molecule has 7 unspecified atom stereocenters. The van der Waals surface area contributed by atoms with Crippen molar-refractivity contribution in [1.29, 1.82) is 0 Å². The normalized spacial score (nSPS) is 57.0. The Morgan fingerprint density at radius 3 is 2.57 bits per heavy atom. The molecule has 0 aromatic carbocycles. The van der Waals surface area contributed by atoms with Gasteiger partial charge in [-0.3, -0.25) is 4.79 Å². The summed E-state index contributed by atoms with van der Waals surface area (Å²) < 4.78 is 24.3. The van der Waals surface area contributed by atoms with Crippen molar-refractivity contribution in [2.45, 2.75) is 84.5 Å². The summed E-state index contributed by atoms with van der Waals surface area (Å²) in [5, 5.41) is 21.8. The molecule has 3 aliphatic heterocycles. The summed E-state index contributed by atoms with van der Waals surface area (Å²) in [6, 6.07) is 0. The molecule has 11 atom stereocenters. The third-order valence-corrected chi connectivity index (χ3v) is 8.50. The van der Waals surface area contributed by atoms with Crippen molar-refractivity contribution in [2.24, 2.45) is 34.0 Å². The van der Waals surface area contributed by atoms with Crippen LogP contribution in [-0.4, -0.2) is 59.8 Å². The number of ether oxygens (including phenoxy) is 4. The van der Waals surface area contributed by atoms with Gasteiger partial charge in [-0.2, -0.15) is 0 Å². The average Bonchev–Trinajstić information content (AvgIpc) is 3.28. The molecule has 2 saturated carbocycles. The molecule has 0 amide bonds. The first-order valence-corrected chi connectivity index (χ1v) is 10.5. The van der Waals surface area contributed by atoms with E-state index in [0.717, 1.165) is 0 Å². The molecule has 2 aliphatic carbocycles. The molecule has 28 heavy (non-hydrogen) atoms. The lowest BCUT2D eigenvalue weighted by Gasteiger charge is -2.48. The van der Waals surface area contributed by atoms with Gasteiger partial charge in [-0.05, 0) is 30.1 Å². The van der Waals surface area contributed by atoms with Crippen molar-refractivity contribution < 1.29 is 34.0 Å². The molecular weight excluding hydrogens is 364 g/mol. The van der Waals surface area contributed by atoms with Crippen molar-refractivity contribution in [2.75, 3.05) is 6.61 Å². The maximum atomic E-state index is 12.0. The predicted octanol–water partition coefficient (Wildman–Crippen LogP) is 1.45. The molecule has 5 rings (SSSR count). The van der Waals surface area contributed by atoms with Crippen LogP contribution in [0.5, 0.6) is 0 Å². The van der Waals surface area contributed by atoms with Gasteiger partial charge in [0.25, 0.3) is 0 Å². The molecule has 3 saturated heterocycles. The van der Waals surface area contributed by atoms with E-state index >= 15 is 0 Å². The fraction of sp³-hybridized carbons (Fsp3) is 0.952. The highest BCUT2D eigenvalue weighted by molar-refractivity contribution is 5.66. The van der Waals surface area contributed by atoms with E-state index in [-0.39, 0.29) is 35.4 Å². The van der Waals surface area contributed by atoms with Crippen LogP contribution in [0.25, 0.3) is 0 Å². The fourth-order valence-corrected chi connectivity index (χ4v) is 7.77. The van der Waals surface area contributed by atoms with Gasteiger partial charge >= 0.3 is 5.97 Å². The molecule has 3 heterocycles. The number of aliphatic hydroxyl groups excluding tert-OH is 2. The average molecular weight is 396 g/mol. The second-order valence-electron chi connectivity index (χ2n) is 10.7. The zero-order valence-corrected chi connectivity index (χ0v) is 17.3. The number of aliphatic hydroxyl groups is 2. The lowest BCUT2D eigenvalue weighted by Crippen LogP contribution is -2.57. The van der Waals surface area contributed by atoms with Crippen LogP contribution in [0, 0.1) is 34.0 Å². The summed E-state index contributed by atoms with van der Waals surface area (Å²) in [7, 11) is 0. The maximum Gasteiger partial charge on any atom is 0.302 e. The van der Waals surface area contributed by atoms with E-state index < -0.39 is 35.6 Å². The Kier molecular flexibility index (Phi) is 3.92. The first-order chi connectivity index (χ1) is 13.0. The fourth-order valence-electron chi connectivity index (χ4n) is 7.77. The van der Waals surface area contributed by atoms with Crippen molar-refractivity contribution in [3.05, 3.63) is 0 Å². The third-order valence-electron chi connectivity index (χ3n) is 8.50. The van der Waals surface area contributed by atoms with Crippen LogP contribution < -0.4 is 0 Å². The lowest BCUT2D eigenvalue weighted by atomic mass is 9.54. The molecule has 158 valence electrons. The minimum Gasteiger partial charge on any atom is -0.462 e. The number of rotatable bonds is 1. The van der Waals surface area contributed by atoms with Crippen LogP contribution in [0.15, 0.2) is 0 Å². The molecule has 5 aliphatic rings. The molecule has 7 heteroatoms. The topological polar surface area (TPSA) is 94.5 Å². The third kappa shape index (κ3) is 2.00. The monoisotopic (exact) mass is 396 g/mol. The Bertz CT molecular complexity index is 689. The van der Waals surface area contributed by atoms with Gasteiger partial charge in [0.2, 0.25) is 0 Å². The molecule has 2 spiro atoms. The van der Waals surface area contributed by atoms with Crippen LogP contribution in [0.2, 0.25) is 0 Å². The molecule has 0 radical (unpaired) electrons. The Labute approximate surface area is 165 Å². The van der Waals surface area contributed by atoms with Crippen LogP contribution in [0.3, 0.4) is 0 Å². The largest absolute Gasteiger partial charge is 0.462 e. The van der Waals surface area contributed by atoms with Gasteiger partial charge < -0.3 is 29.2 Å². The molecule has 0 bridgehead atoms. The van der Waals surface area contributed by atoms with Gasteiger partial charge in [0, 0.05) is 19.4 Å². The number of esters is 1.